The fraction of sp³-hybridized carbons (Fsp3) is 0.316. The summed E-state index contributed by atoms with van der Waals surface area (Å²) in [5.41, 5.74) is 1.68. The number of benzene rings is 1. The van der Waals surface area contributed by atoms with E-state index in [2.05, 4.69) is 15.7 Å². The molecule has 148 valence electrons. The number of anilines is 2. The minimum absolute atomic E-state index is 0.0624. The zero-order valence-electron chi connectivity index (χ0n) is 15.9. The van der Waals surface area contributed by atoms with E-state index in [1.165, 1.54) is 19.2 Å². The summed E-state index contributed by atoms with van der Waals surface area (Å²) in [6.45, 7) is 2.40. The Hall–Kier alpha value is -3.23. The van der Waals surface area contributed by atoms with Crippen LogP contribution in [0.15, 0.2) is 18.3 Å². The number of carbonyl (C=O) groups excluding carboxylic acids is 1. The Morgan fingerprint density at radius 3 is 2.75 bits per heavy atom. The molecular formula is C19H22F2N6O. The van der Waals surface area contributed by atoms with Gasteiger partial charge in [0.05, 0.1) is 6.54 Å². The quantitative estimate of drug-likeness (QED) is 0.687. The Morgan fingerprint density at radius 2 is 2.11 bits per heavy atom. The van der Waals surface area contributed by atoms with Crippen LogP contribution in [0.4, 0.5) is 20.3 Å². The average Bonchev–Trinajstić information content (AvgIpc) is 2.99. The third-order valence-electron chi connectivity index (χ3n) is 4.79. The lowest BCUT2D eigenvalue weighted by atomic mass is 10.0. The third-order valence-corrected chi connectivity index (χ3v) is 4.79. The number of aryl methyl sites for hydroxylation is 1. The maximum atomic E-state index is 15.0. The Balaban J connectivity index is 2.03. The molecule has 0 atom stereocenters. The number of carbonyl (C=O) groups is 1. The summed E-state index contributed by atoms with van der Waals surface area (Å²) in [5, 5.41) is 17.3. The third kappa shape index (κ3) is 3.47. The maximum Gasteiger partial charge on any atom is 0.219 e. The van der Waals surface area contributed by atoms with Crippen molar-refractivity contribution in [2.24, 2.45) is 7.05 Å². The molecule has 0 spiro atoms. The van der Waals surface area contributed by atoms with E-state index in [9.17, 15) is 9.18 Å². The molecular weight excluding hydrogens is 366 g/mol. The molecule has 0 fully saturated rings. The van der Waals surface area contributed by atoms with Gasteiger partial charge in [0.25, 0.3) is 0 Å². The Morgan fingerprint density at radius 1 is 1.36 bits per heavy atom. The highest BCUT2D eigenvalue weighted by molar-refractivity contribution is 6.08. The first-order chi connectivity index (χ1) is 13.4. The van der Waals surface area contributed by atoms with Crippen molar-refractivity contribution in [2.75, 3.05) is 18.9 Å². The summed E-state index contributed by atoms with van der Waals surface area (Å²) in [5.74, 6) is -1.34. The van der Waals surface area contributed by atoms with E-state index in [1.807, 2.05) is 0 Å². The van der Waals surface area contributed by atoms with Gasteiger partial charge in [-0.2, -0.15) is 5.10 Å². The summed E-state index contributed by atoms with van der Waals surface area (Å²) in [6.07, 6.45) is 3.07. The molecule has 0 bridgehead atoms. The fourth-order valence-corrected chi connectivity index (χ4v) is 3.32. The highest BCUT2D eigenvalue weighted by Crippen LogP contribution is 2.32. The predicted molar refractivity (Wildman–Crippen MR) is 103 cm³/mol. The van der Waals surface area contributed by atoms with Crippen molar-refractivity contribution >= 4 is 29.2 Å². The van der Waals surface area contributed by atoms with Crippen molar-refractivity contribution in [2.45, 2.75) is 19.9 Å². The fourth-order valence-electron chi connectivity index (χ4n) is 3.32. The van der Waals surface area contributed by atoms with Gasteiger partial charge in [-0.3, -0.25) is 9.48 Å². The molecule has 0 saturated heterocycles. The molecule has 2 heterocycles. The van der Waals surface area contributed by atoms with Gasteiger partial charge in [0.2, 0.25) is 5.91 Å². The highest BCUT2D eigenvalue weighted by Gasteiger charge is 2.26. The number of nitrogens with zero attached hydrogens (tertiary/aromatic N) is 3. The van der Waals surface area contributed by atoms with Gasteiger partial charge in [0, 0.05) is 68.8 Å². The second kappa shape index (κ2) is 7.79. The number of allylic oxidation sites excluding steroid dienone is 1. The Labute approximate surface area is 161 Å². The Bertz CT molecular complexity index is 966. The molecule has 7 nitrogen and oxygen atoms in total. The molecule has 9 heteroatoms. The van der Waals surface area contributed by atoms with Gasteiger partial charge in [0.1, 0.15) is 11.5 Å². The van der Waals surface area contributed by atoms with Gasteiger partial charge in [-0.15, -0.1) is 0 Å². The van der Waals surface area contributed by atoms with Crippen LogP contribution < -0.4 is 10.6 Å². The van der Waals surface area contributed by atoms with Crippen molar-refractivity contribution in [1.82, 2.24) is 20.0 Å². The number of fused-ring (bicyclic) bond motifs is 1. The first-order valence-electron chi connectivity index (χ1n) is 8.81. The number of hydrogen-bond acceptors (Lipinski definition) is 5. The number of hydrogen-bond donors (Lipinski definition) is 3. The molecule has 2 aromatic rings. The molecule has 0 radical (unpaired) electrons. The summed E-state index contributed by atoms with van der Waals surface area (Å²) in [4.78, 5) is 13.4. The molecule has 1 aliphatic rings. The molecule has 3 N–H and O–H groups in total. The second-order valence-electron chi connectivity index (χ2n) is 6.53. The highest BCUT2D eigenvalue weighted by atomic mass is 19.1. The number of aromatic nitrogens is 2. The first-order valence-corrected chi connectivity index (χ1v) is 8.81. The van der Waals surface area contributed by atoms with Crippen LogP contribution in [0.25, 0.3) is 5.57 Å². The van der Waals surface area contributed by atoms with Crippen molar-refractivity contribution < 1.29 is 13.6 Å². The van der Waals surface area contributed by atoms with E-state index in [4.69, 9.17) is 5.41 Å². The lowest BCUT2D eigenvalue weighted by molar-refractivity contribution is -0.129. The van der Waals surface area contributed by atoms with Crippen LogP contribution in [0.1, 0.15) is 23.7 Å². The zero-order chi connectivity index (χ0) is 20.4. The van der Waals surface area contributed by atoms with Crippen molar-refractivity contribution in [1.29, 1.82) is 5.41 Å². The largest absolute Gasteiger partial charge is 0.393 e. The molecule has 0 saturated carbocycles. The van der Waals surface area contributed by atoms with Crippen LogP contribution in [0.5, 0.6) is 0 Å². The molecule has 1 aliphatic heterocycles. The second-order valence-corrected chi connectivity index (χ2v) is 6.53. The van der Waals surface area contributed by atoms with E-state index in [0.717, 1.165) is 23.5 Å². The zero-order valence-corrected chi connectivity index (χ0v) is 15.9. The van der Waals surface area contributed by atoms with Gasteiger partial charge in [-0.1, -0.05) is 0 Å². The summed E-state index contributed by atoms with van der Waals surface area (Å²) in [7, 11) is 3.39. The van der Waals surface area contributed by atoms with E-state index in [0.29, 0.717) is 25.3 Å². The molecule has 1 aromatic carbocycles. The normalized spacial score (nSPS) is 13.9. The molecule has 1 amide bonds. The minimum Gasteiger partial charge on any atom is -0.393 e. The van der Waals surface area contributed by atoms with E-state index < -0.39 is 11.6 Å². The van der Waals surface area contributed by atoms with Gasteiger partial charge < -0.3 is 20.9 Å². The molecule has 0 aliphatic carbocycles. The smallest absolute Gasteiger partial charge is 0.219 e. The number of amides is 1. The monoisotopic (exact) mass is 388 g/mol. The van der Waals surface area contributed by atoms with Gasteiger partial charge in [-0.25, -0.2) is 8.78 Å². The standard InChI is InChI=1S/C19H22F2N6O/c1-11(28)27-7-6-16-14(10-27)19(25-26(16)3)24-18-15(20)5-4-13(17(18)21)12(8-22)9-23-2/h4-5,8-9,22-23H,6-7,10H2,1-3H3,(H,24,25)/b12-9+,22-8?. The summed E-state index contributed by atoms with van der Waals surface area (Å²) < 4.78 is 31.1. The molecule has 28 heavy (non-hydrogen) atoms. The number of nitrogens with one attached hydrogen (secondary N) is 3. The average molecular weight is 388 g/mol. The lowest BCUT2D eigenvalue weighted by Crippen LogP contribution is -2.34. The molecule has 0 unspecified atom stereocenters. The molecule has 3 rings (SSSR count). The minimum atomic E-state index is -0.816. The van der Waals surface area contributed by atoms with Crippen LogP contribution >= 0.6 is 0 Å². The van der Waals surface area contributed by atoms with Crippen LogP contribution in [-0.4, -0.2) is 40.4 Å². The summed E-state index contributed by atoms with van der Waals surface area (Å²) in [6, 6.07) is 2.43. The summed E-state index contributed by atoms with van der Waals surface area (Å²) >= 11 is 0. The topological polar surface area (TPSA) is 86.0 Å². The van der Waals surface area contributed by atoms with Gasteiger partial charge >= 0.3 is 0 Å². The van der Waals surface area contributed by atoms with Crippen molar-refractivity contribution in [3.05, 3.63) is 46.8 Å². The van der Waals surface area contributed by atoms with Gasteiger partial charge in [-0.05, 0) is 12.1 Å². The van der Waals surface area contributed by atoms with Crippen LogP contribution in [0.2, 0.25) is 0 Å². The Kier molecular flexibility index (Phi) is 5.43. The van der Waals surface area contributed by atoms with E-state index >= 15 is 4.39 Å². The van der Waals surface area contributed by atoms with Crippen LogP contribution in [0.3, 0.4) is 0 Å². The van der Waals surface area contributed by atoms with E-state index in [1.54, 1.807) is 23.7 Å². The SMILES string of the molecule is CN/C=C(\C=N)c1ccc(F)c(Nc2nn(C)c3c2CN(C(C)=O)CC3)c1F. The number of halogens is 2. The first kappa shape index (κ1) is 19.5. The molecule has 1 aromatic heterocycles. The van der Waals surface area contributed by atoms with Crippen LogP contribution in [0, 0.1) is 17.0 Å². The maximum absolute atomic E-state index is 15.0. The van der Waals surface area contributed by atoms with Crippen molar-refractivity contribution in [3.8, 4) is 0 Å². The lowest BCUT2D eigenvalue weighted by Gasteiger charge is -2.26. The van der Waals surface area contributed by atoms with Gasteiger partial charge in [0.15, 0.2) is 11.6 Å². The number of rotatable bonds is 5. The van der Waals surface area contributed by atoms with Crippen molar-refractivity contribution in [3.63, 3.8) is 0 Å². The predicted octanol–water partition coefficient (Wildman–Crippen LogP) is 2.56. The van der Waals surface area contributed by atoms with E-state index in [-0.39, 0.29) is 22.7 Å². The van der Waals surface area contributed by atoms with Crippen LogP contribution in [-0.2, 0) is 24.8 Å².